The van der Waals surface area contributed by atoms with E-state index < -0.39 is 0 Å². The summed E-state index contributed by atoms with van der Waals surface area (Å²) in [5.74, 6) is 1.21. The summed E-state index contributed by atoms with van der Waals surface area (Å²) >= 11 is 0. The second-order valence-electron chi connectivity index (χ2n) is 9.00. The minimum Gasteiger partial charge on any atom is -0.437 e. The van der Waals surface area contributed by atoms with Crippen LogP contribution in [0.5, 0.6) is 0 Å². The lowest BCUT2D eigenvalue weighted by atomic mass is 10.1. The zero-order valence-corrected chi connectivity index (χ0v) is 20.3. The number of benzene rings is 4. The molecule has 0 N–H and O–H groups in total. The van der Waals surface area contributed by atoms with Crippen molar-refractivity contribution in [2.45, 2.75) is 13.5 Å². The molecule has 0 aliphatic heterocycles. The summed E-state index contributed by atoms with van der Waals surface area (Å²) in [6.45, 7) is 3.05. The Morgan fingerprint density at radius 2 is 1.11 bits per heavy atom. The fourth-order valence-corrected chi connectivity index (χ4v) is 4.93. The van der Waals surface area contributed by atoms with Crippen LogP contribution in [0.1, 0.15) is 29.8 Å². The van der Waals surface area contributed by atoms with Gasteiger partial charge < -0.3 is 13.4 Å². The van der Waals surface area contributed by atoms with Crippen LogP contribution >= 0.6 is 0 Å². The SMILES string of the molecule is CCn1c2cc(/C=C/c3nc4ccccc4o3)ccc2c2ccc(/C=C/c3nc4ccccc4o3)cc21. The van der Waals surface area contributed by atoms with E-state index in [-0.39, 0.29) is 0 Å². The van der Waals surface area contributed by atoms with Crippen LogP contribution < -0.4 is 0 Å². The van der Waals surface area contributed by atoms with Crippen molar-refractivity contribution in [2.24, 2.45) is 0 Å². The largest absolute Gasteiger partial charge is 0.437 e. The molecule has 0 aliphatic rings. The maximum Gasteiger partial charge on any atom is 0.220 e. The Morgan fingerprint density at radius 1 is 0.622 bits per heavy atom. The molecule has 0 aliphatic carbocycles. The number of fused-ring (bicyclic) bond motifs is 5. The second kappa shape index (κ2) is 8.64. The highest BCUT2D eigenvalue weighted by Crippen LogP contribution is 2.31. The molecule has 7 aromatic rings. The third kappa shape index (κ3) is 3.81. The van der Waals surface area contributed by atoms with Crippen molar-refractivity contribution in [1.29, 1.82) is 0 Å². The Morgan fingerprint density at radius 3 is 1.57 bits per heavy atom. The first-order valence-corrected chi connectivity index (χ1v) is 12.4. The zero-order valence-electron chi connectivity index (χ0n) is 20.3. The Balaban J connectivity index is 1.23. The van der Waals surface area contributed by atoms with E-state index in [9.17, 15) is 0 Å². The second-order valence-corrected chi connectivity index (χ2v) is 9.00. The molecule has 0 saturated heterocycles. The van der Waals surface area contributed by atoms with Crippen molar-refractivity contribution < 1.29 is 8.83 Å². The summed E-state index contributed by atoms with van der Waals surface area (Å²) in [5.41, 5.74) is 7.94. The third-order valence-electron chi connectivity index (χ3n) is 6.69. The van der Waals surface area contributed by atoms with Gasteiger partial charge in [-0.15, -0.1) is 0 Å². The van der Waals surface area contributed by atoms with Crippen LogP contribution in [0.25, 0.3) is 68.3 Å². The van der Waals surface area contributed by atoms with Gasteiger partial charge in [-0.1, -0.05) is 48.5 Å². The lowest BCUT2D eigenvalue weighted by molar-refractivity contribution is 0.589. The minimum atomic E-state index is 0.604. The number of hydrogen-bond acceptors (Lipinski definition) is 4. The summed E-state index contributed by atoms with van der Waals surface area (Å²) in [5, 5.41) is 2.48. The van der Waals surface area contributed by atoms with E-state index in [4.69, 9.17) is 8.83 Å². The Labute approximate surface area is 213 Å². The van der Waals surface area contributed by atoms with E-state index in [0.29, 0.717) is 11.8 Å². The number of nitrogens with zero attached hydrogens (tertiary/aromatic N) is 3. The molecule has 4 aromatic carbocycles. The smallest absolute Gasteiger partial charge is 0.220 e. The number of para-hydroxylation sites is 4. The van der Waals surface area contributed by atoms with Gasteiger partial charge in [0.05, 0.1) is 0 Å². The molecule has 5 nitrogen and oxygen atoms in total. The van der Waals surface area contributed by atoms with Crippen LogP contribution in [0.4, 0.5) is 0 Å². The van der Waals surface area contributed by atoms with E-state index >= 15 is 0 Å². The molecule has 0 amide bonds. The van der Waals surface area contributed by atoms with Crippen molar-refractivity contribution in [3.8, 4) is 0 Å². The summed E-state index contributed by atoms with van der Waals surface area (Å²) in [6, 6.07) is 28.8. The van der Waals surface area contributed by atoms with Crippen molar-refractivity contribution in [1.82, 2.24) is 14.5 Å². The van der Waals surface area contributed by atoms with Gasteiger partial charge in [-0.05, 0) is 66.6 Å². The molecule has 0 bridgehead atoms. The van der Waals surface area contributed by atoms with Gasteiger partial charge in [0.2, 0.25) is 11.8 Å². The summed E-state index contributed by atoms with van der Waals surface area (Å²) in [6.07, 6.45) is 7.96. The highest BCUT2D eigenvalue weighted by molar-refractivity contribution is 6.09. The molecule has 0 saturated carbocycles. The summed E-state index contributed by atoms with van der Waals surface area (Å²) in [4.78, 5) is 9.09. The molecule has 3 heterocycles. The molecule has 0 spiro atoms. The third-order valence-corrected chi connectivity index (χ3v) is 6.69. The maximum absolute atomic E-state index is 5.83. The Kier molecular flexibility index (Phi) is 5.00. The topological polar surface area (TPSA) is 57.0 Å². The van der Waals surface area contributed by atoms with Crippen molar-refractivity contribution in [2.75, 3.05) is 0 Å². The lowest BCUT2D eigenvalue weighted by Gasteiger charge is -2.04. The molecule has 178 valence electrons. The van der Waals surface area contributed by atoms with Gasteiger partial charge in [0.1, 0.15) is 11.0 Å². The maximum atomic E-state index is 5.83. The zero-order chi connectivity index (χ0) is 24.8. The predicted molar refractivity (Wildman–Crippen MR) is 151 cm³/mol. The molecular formula is C32H23N3O2. The van der Waals surface area contributed by atoms with E-state index in [1.165, 1.54) is 21.8 Å². The van der Waals surface area contributed by atoms with Crippen LogP contribution in [0.3, 0.4) is 0 Å². The number of aromatic nitrogens is 3. The van der Waals surface area contributed by atoms with Gasteiger partial charge in [0.15, 0.2) is 11.2 Å². The Hall–Kier alpha value is -4.90. The lowest BCUT2D eigenvalue weighted by Crippen LogP contribution is -1.93. The molecule has 7 rings (SSSR count). The van der Waals surface area contributed by atoms with Crippen molar-refractivity contribution >= 4 is 68.3 Å². The predicted octanol–water partition coefficient (Wildman–Crippen LogP) is 8.44. The van der Waals surface area contributed by atoms with Crippen molar-refractivity contribution in [3.05, 3.63) is 108 Å². The average molecular weight is 482 g/mol. The van der Waals surface area contributed by atoms with Crippen LogP contribution in [0.2, 0.25) is 0 Å². The number of oxazole rings is 2. The standard InChI is InChI=1S/C32H23N3O2/c1-2-35-27-19-21(13-17-31-33-25-7-3-5-9-29(25)36-31)11-15-23(27)24-16-12-22(20-28(24)35)14-18-32-34-26-8-4-6-10-30(26)37-32/h3-20H,2H2,1H3/b17-13+,18-14+. The molecular weight excluding hydrogens is 458 g/mol. The average Bonchev–Trinajstić information content (AvgIpc) is 3.62. The molecule has 3 aromatic heterocycles. The Bertz CT molecular complexity index is 1780. The van der Waals surface area contributed by atoms with E-state index in [1.54, 1.807) is 0 Å². The van der Waals surface area contributed by atoms with Crippen LogP contribution in [0.15, 0.2) is 93.8 Å². The van der Waals surface area contributed by atoms with Gasteiger partial charge in [0, 0.05) is 40.5 Å². The first-order valence-electron chi connectivity index (χ1n) is 12.4. The highest BCUT2D eigenvalue weighted by Gasteiger charge is 2.11. The molecule has 5 heteroatoms. The van der Waals surface area contributed by atoms with Gasteiger partial charge >= 0.3 is 0 Å². The molecule has 0 fully saturated rings. The van der Waals surface area contributed by atoms with Crippen LogP contribution in [0, 0.1) is 0 Å². The van der Waals surface area contributed by atoms with Crippen molar-refractivity contribution in [3.63, 3.8) is 0 Å². The first-order chi connectivity index (χ1) is 18.2. The summed E-state index contributed by atoms with van der Waals surface area (Å²) < 4.78 is 14.0. The highest BCUT2D eigenvalue weighted by atomic mass is 16.4. The molecule has 0 atom stereocenters. The fourth-order valence-electron chi connectivity index (χ4n) is 4.93. The van der Waals surface area contributed by atoms with E-state index in [2.05, 4.69) is 70.0 Å². The van der Waals surface area contributed by atoms with Gasteiger partial charge in [-0.2, -0.15) is 0 Å². The van der Waals surface area contributed by atoms with Gasteiger partial charge in [-0.3, -0.25) is 0 Å². The minimum absolute atomic E-state index is 0.604. The van der Waals surface area contributed by atoms with E-state index in [1.807, 2.05) is 60.7 Å². The van der Waals surface area contributed by atoms with Crippen LogP contribution in [-0.4, -0.2) is 14.5 Å². The first kappa shape index (κ1) is 21.4. The monoisotopic (exact) mass is 481 g/mol. The van der Waals surface area contributed by atoms with E-state index in [0.717, 1.165) is 39.9 Å². The van der Waals surface area contributed by atoms with Gasteiger partial charge in [0.25, 0.3) is 0 Å². The quantitative estimate of drug-likeness (QED) is 0.247. The molecule has 37 heavy (non-hydrogen) atoms. The number of rotatable bonds is 5. The fraction of sp³-hybridized carbons (Fsp3) is 0.0625. The van der Waals surface area contributed by atoms with Crippen LogP contribution in [-0.2, 0) is 6.54 Å². The molecule has 0 radical (unpaired) electrons. The summed E-state index contributed by atoms with van der Waals surface area (Å²) in [7, 11) is 0. The molecule has 0 unspecified atom stereocenters. The number of aryl methyl sites for hydroxylation is 1. The normalized spacial score (nSPS) is 12.4. The number of hydrogen-bond donors (Lipinski definition) is 0. The van der Waals surface area contributed by atoms with Gasteiger partial charge in [-0.25, -0.2) is 9.97 Å².